The summed E-state index contributed by atoms with van der Waals surface area (Å²) in [6.07, 6.45) is 3.66. The van der Waals surface area contributed by atoms with Crippen molar-refractivity contribution in [3.8, 4) is 5.75 Å². The molecule has 0 radical (unpaired) electrons. The van der Waals surface area contributed by atoms with E-state index in [9.17, 15) is 4.79 Å². The Morgan fingerprint density at radius 1 is 1.30 bits per heavy atom. The number of carbonyl (C=O) groups excluding carboxylic acids is 1. The predicted molar refractivity (Wildman–Crippen MR) is 81.8 cm³/mol. The monoisotopic (exact) mass is 295 g/mol. The molecule has 1 heterocycles. The number of ether oxygens (including phenoxy) is 1. The highest BCUT2D eigenvalue weighted by Crippen LogP contribution is 2.25. The molecule has 0 spiro atoms. The van der Waals surface area contributed by atoms with E-state index in [1.807, 2.05) is 13.8 Å². The highest BCUT2D eigenvalue weighted by molar-refractivity contribution is 6.31. The van der Waals surface area contributed by atoms with Gasteiger partial charge in [0.05, 0.1) is 18.2 Å². The van der Waals surface area contributed by atoms with Crippen LogP contribution in [0.2, 0.25) is 5.02 Å². The van der Waals surface area contributed by atoms with Crippen molar-refractivity contribution in [1.82, 2.24) is 4.90 Å². The number of hydrogen-bond donors (Lipinski definition) is 0. The molecule has 0 saturated carbocycles. The summed E-state index contributed by atoms with van der Waals surface area (Å²) < 4.78 is 5.71. The van der Waals surface area contributed by atoms with Crippen LogP contribution in [0.15, 0.2) is 18.2 Å². The van der Waals surface area contributed by atoms with Gasteiger partial charge in [0, 0.05) is 5.02 Å². The number of carbonyl (C=O) groups is 1. The smallest absolute Gasteiger partial charge is 0.180 e. The lowest BCUT2D eigenvalue weighted by atomic mass is 10.1. The number of ketones is 1. The second kappa shape index (κ2) is 7.09. The third-order valence-electron chi connectivity index (χ3n) is 3.42. The maximum atomic E-state index is 12.5. The minimum atomic E-state index is 0.0395. The molecule has 1 fully saturated rings. The third-order valence-corrected chi connectivity index (χ3v) is 3.66. The molecular weight excluding hydrogens is 274 g/mol. The summed E-state index contributed by atoms with van der Waals surface area (Å²) in [6, 6.07) is 5.26. The number of nitrogens with zero attached hydrogens (tertiary/aromatic N) is 1. The number of piperidine rings is 1. The van der Waals surface area contributed by atoms with Crippen molar-refractivity contribution in [3.63, 3.8) is 0 Å². The van der Waals surface area contributed by atoms with Crippen LogP contribution in [0, 0.1) is 0 Å². The molecule has 3 nitrogen and oxygen atoms in total. The number of benzene rings is 1. The zero-order valence-electron chi connectivity index (χ0n) is 12.2. The highest BCUT2D eigenvalue weighted by atomic mass is 35.5. The van der Waals surface area contributed by atoms with Gasteiger partial charge in [-0.3, -0.25) is 9.69 Å². The Morgan fingerprint density at radius 3 is 2.65 bits per heavy atom. The maximum absolute atomic E-state index is 12.5. The van der Waals surface area contributed by atoms with Crippen molar-refractivity contribution >= 4 is 17.4 Å². The van der Waals surface area contributed by atoms with Crippen LogP contribution in [0.5, 0.6) is 5.75 Å². The first-order valence-electron chi connectivity index (χ1n) is 7.28. The molecule has 0 unspecified atom stereocenters. The van der Waals surface area contributed by atoms with Crippen LogP contribution >= 0.6 is 11.6 Å². The molecule has 1 aliphatic rings. The molecule has 1 aliphatic heterocycles. The van der Waals surface area contributed by atoms with E-state index in [4.69, 9.17) is 16.3 Å². The minimum Gasteiger partial charge on any atom is -0.490 e. The summed E-state index contributed by atoms with van der Waals surface area (Å²) in [4.78, 5) is 14.7. The molecule has 0 N–H and O–H groups in total. The summed E-state index contributed by atoms with van der Waals surface area (Å²) in [7, 11) is 0. The second-order valence-corrected chi connectivity index (χ2v) is 6.00. The van der Waals surface area contributed by atoms with Crippen molar-refractivity contribution in [3.05, 3.63) is 28.8 Å². The molecule has 0 atom stereocenters. The van der Waals surface area contributed by atoms with Gasteiger partial charge in [0.2, 0.25) is 0 Å². The molecule has 0 amide bonds. The Labute approximate surface area is 125 Å². The van der Waals surface area contributed by atoms with E-state index in [-0.39, 0.29) is 11.9 Å². The summed E-state index contributed by atoms with van der Waals surface area (Å²) in [5.74, 6) is 0.719. The number of likely N-dealkylation sites (tertiary alicyclic amines) is 1. The molecule has 0 aliphatic carbocycles. The fourth-order valence-electron chi connectivity index (χ4n) is 2.48. The van der Waals surface area contributed by atoms with Crippen molar-refractivity contribution in [1.29, 1.82) is 0 Å². The fourth-order valence-corrected chi connectivity index (χ4v) is 2.65. The predicted octanol–water partition coefficient (Wildman–Crippen LogP) is 3.80. The maximum Gasteiger partial charge on any atom is 0.180 e. The zero-order valence-corrected chi connectivity index (χ0v) is 12.9. The highest BCUT2D eigenvalue weighted by Gasteiger charge is 2.19. The van der Waals surface area contributed by atoms with Crippen LogP contribution in [0.3, 0.4) is 0 Å². The molecule has 1 aromatic rings. The van der Waals surface area contributed by atoms with Crippen LogP contribution in [-0.4, -0.2) is 36.4 Å². The molecule has 1 aromatic carbocycles. The van der Waals surface area contributed by atoms with E-state index in [0.717, 1.165) is 13.1 Å². The van der Waals surface area contributed by atoms with Crippen LogP contribution in [-0.2, 0) is 0 Å². The standard InChI is InChI=1S/C16H22ClNO2/c1-12(2)20-16-7-6-13(17)10-14(16)15(19)11-18-8-4-3-5-9-18/h6-7,10,12H,3-5,8-9,11H2,1-2H3. The molecule has 110 valence electrons. The Hall–Kier alpha value is -1.06. The first kappa shape index (κ1) is 15.3. The number of Topliss-reactive ketones (excluding diaryl/α,β-unsaturated/α-hetero) is 1. The number of rotatable bonds is 5. The van der Waals surface area contributed by atoms with Crippen LogP contribution < -0.4 is 4.74 Å². The Morgan fingerprint density at radius 2 is 2.00 bits per heavy atom. The molecule has 0 aromatic heterocycles. The summed E-state index contributed by atoms with van der Waals surface area (Å²) in [5, 5.41) is 0.572. The Bertz CT molecular complexity index is 468. The first-order chi connectivity index (χ1) is 9.56. The zero-order chi connectivity index (χ0) is 14.5. The summed E-state index contributed by atoms with van der Waals surface area (Å²) >= 11 is 6.02. The average molecular weight is 296 g/mol. The van der Waals surface area contributed by atoms with E-state index < -0.39 is 0 Å². The lowest BCUT2D eigenvalue weighted by molar-refractivity contribution is 0.0910. The Balaban J connectivity index is 2.12. The Kier molecular flexibility index (Phi) is 5.44. The van der Waals surface area contributed by atoms with Crippen molar-refractivity contribution in [2.45, 2.75) is 39.2 Å². The van der Waals surface area contributed by atoms with E-state index >= 15 is 0 Å². The first-order valence-corrected chi connectivity index (χ1v) is 7.66. The van der Waals surface area contributed by atoms with E-state index in [1.54, 1.807) is 18.2 Å². The summed E-state index contributed by atoms with van der Waals surface area (Å²) in [5.41, 5.74) is 0.594. The number of hydrogen-bond acceptors (Lipinski definition) is 3. The van der Waals surface area contributed by atoms with Crippen molar-refractivity contribution in [2.75, 3.05) is 19.6 Å². The molecular formula is C16H22ClNO2. The van der Waals surface area contributed by atoms with Gasteiger partial charge in [0.25, 0.3) is 0 Å². The molecule has 2 rings (SSSR count). The van der Waals surface area contributed by atoms with Gasteiger partial charge in [-0.2, -0.15) is 0 Å². The van der Waals surface area contributed by atoms with E-state index in [1.165, 1.54) is 19.3 Å². The SMILES string of the molecule is CC(C)Oc1ccc(Cl)cc1C(=O)CN1CCCCC1. The van der Waals surface area contributed by atoms with Crippen LogP contribution in [0.1, 0.15) is 43.5 Å². The van der Waals surface area contributed by atoms with E-state index in [0.29, 0.717) is 22.9 Å². The summed E-state index contributed by atoms with van der Waals surface area (Å²) in [6.45, 7) is 6.37. The van der Waals surface area contributed by atoms with Gasteiger partial charge < -0.3 is 4.74 Å². The molecule has 20 heavy (non-hydrogen) atoms. The quantitative estimate of drug-likeness (QED) is 0.774. The van der Waals surface area contributed by atoms with Gasteiger partial charge >= 0.3 is 0 Å². The van der Waals surface area contributed by atoms with Crippen LogP contribution in [0.4, 0.5) is 0 Å². The molecule has 4 heteroatoms. The fraction of sp³-hybridized carbons (Fsp3) is 0.562. The van der Waals surface area contributed by atoms with Gasteiger partial charge in [0.15, 0.2) is 5.78 Å². The van der Waals surface area contributed by atoms with Crippen molar-refractivity contribution < 1.29 is 9.53 Å². The minimum absolute atomic E-state index is 0.0395. The molecule has 1 saturated heterocycles. The van der Waals surface area contributed by atoms with Gasteiger partial charge in [-0.15, -0.1) is 0 Å². The van der Waals surface area contributed by atoms with Gasteiger partial charge in [0.1, 0.15) is 5.75 Å². The molecule has 0 bridgehead atoms. The topological polar surface area (TPSA) is 29.5 Å². The number of halogens is 1. The third kappa shape index (κ3) is 4.22. The largest absolute Gasteiger partial charge is 0.490 e. The van der Waals surface area contributed by atoms with Gasteiger partial charge in [-0.05, 0) is 58.0 Å². The van der Waals surface area contributed by atoms with Gasteiger partial charge in [-0.1, -0.05) is 18.0 Å². The van der Waals surface area contributed by atoms with Crippen LogP contribution in [0.25, 0.3) is 0 Å². The lowest BCUT2D eigenvalue weighted by Gasteiger charge is -2.26. The normalized spacial score (nSPS) is 16.4. The second-order valence-electron chi connectivity index (χ2n) is 5.57. The van der Waals surface area contributed by atoms with Gasteiger partial charge in [-0.25, -0.2) is 0 Å². The van der Waals surface area contributed by atoms with Crippen molar-refractivity contribution in [2.24, 2.45) is 0 Å². The van der Waals surface area contributed by atoms with E-state index in [2.05, 4.69) is 4.90 Å². The average Bonchev–Trinajstić information content (AvgIpc) is 2.41. The lowest BCUT2D eigenvalue weighted by Crippen LogP contribution is -2.34.